The van der Waals surface area contributed by atoms with Crippen LogP contribution in [0.4, 0.5) is 5.69 Å². The average molecular weight is 436 g/mol. The maximum atomic E-state index is 13.6. The molecule has 1 aromatic carbocycles. The van der Waals surface area contributed by atoms with E-state index in [2.05, 4.69) is 25.0 Å². The second kappa shape index (κ2) is 7.28. The SMILES string of the molecule is Cc1nn(C)c(C)c1[C@H]1C(C#N)=C(N)N(c2cccc(Cl)c2)C2=C1C(=O)CC(C)(C)C2. The van der Waals surface area contributed by atoms with Gasteiger partial charge in [-0.05, 0) is 43.9 Å². The van der Waals surface area contributed by atoms with Crippen molar-refractivity contribution in [2.75, 3.05) is 4.90 Å². The summed E-state index contributed by atoms with van der Waals surface area (Å²) in [5, 5.41) is 15.3. The normalized spacial score (nSPS) is 20.7. The number of hydrogen-bond donors (Lipinski definition) is 1. The highest BCUT2D eigenvalue weighted by atomic mass is 35.5. The number of nitrogens with two attached hydrogens (primary N) is 1. The first-order valence-corrected chi connectivity index (χ1v) is 10.7. The summed E-state index contributed by atoms with van der Waals surface area (Å²) >= 11 is 6.27. The highest BCUT2D eigenvalue weighted by molar-refractivity contribution is 6.30. The van der Waals surface area contributed by atoms with E-state index < -0.39 is 5.92 Å². The fourth-order valence-corrected chi connectivity index (χ4v) is 5.10. The third-order valence-corrected chi connectivity index (χ3v) is 6.54. The van der Waals surface area contributed by atoms with Gasteiger partial charge < -0.3 is 5.73 Å². The number of aryl methyl sites for hydroxylation is 2. The van der Waals surface area contributed by atoms with Gasteiger partial charge in [0.25, 0.3) is 0 Å². The third-order valence-electron chi connectivity index (χ3n) is 6.30. The highest BCUT2D eigenvalue weighted by Gasteiger charge is 2.46. The molecule has 1 aromatic heterocycles. The van der Waals surface area contributed by atoms with Gasteiger partial charge in [-0.15, -0.1) is 0 Å². The van der Waals surface area contributed by atoms with Crippen LogP contribution in [0.25, 0.3) is 0 Å². The molecule has 2 aliphatic rings. The van der Waals surface area contributed by atoms with E-state index in [1.165, 1.54) is 0 Å². The number of halogens is 1. The maximum absolute atomic E-state index is 13.6. The van der Waals surface area contributed by atoms with Crippen molar-refractivity contribution in [3.63, 3.8) is 0 Å². The van der Waals surface area contributed by atoms with E-state index in [0.717, 1.165) is 28.3 Å². The molecule has 0 saturated carbocycles. The van der Waals surface area contributed by atoms with Crippen LogP contribution in [-0.2, 0) is 11.8 Å². The Morgan fingerprint density at radius 1 is 1.29 bits per heavy atom. The number of anilines is 1. The molecule has 1 atom stereocenters. The zero-order valence-corrected chi connectivity index (χ0v) is 19.2. The Morgan fingerprint density at radius 2 is 2.00 bits per heavy atom. The van der Waals surface area contributed by atoms with Crippen LogP contribution in [0.15, 0.2) is 46.9 Å². The summed E-state index contributed by atoms with van der Waals surface area (Å²) in [6, 6.07) is 9.64. The monoisotopic (exact) mass is 435 g/mol. The summed E-state index contributed by atoms with van der Waals surface area (Å²) < 4.78 is 1.79. The van der Waals surface area contributed by atoms with Crippen molar-refractivity contribution in [2.45, 2.75) is 46.5 Å². The summed E-state index contributed by atoms with van der Waals surface area (Å²) in [5.41, 5.74) is 11.6. The molecular weight excluding hydrogens is 410 g/mol. The first-order valence-electron chi connectivity index (χ1n) is 10.3. The van der Waals surface area contributed by atoms with E-state index in [1.54, 1.807) is 16.8 Å². The number of allylic oxidation sites excluding steroid dienone is 3. The summed E-state index contributed by atoms with van der Waals surface area (Å²) in [7, 11) is 1.87. The molecule has 0 radical (unpaired) electrons. The number of ketones is 1. The summed E-state index contributed by atoms with van der Waals surface area (Å²) in [5.74, 6) is -0.138. The molecule has 0 bridgehead atoms. The number of carbonyl (C=O) groups is 1. The first-order chi connectivity index (χ1) is 14.6. The minimum Gasteiger partial charge on any atom is -0.384 e. The van der Waals surface area contributed by atoms with Gasteiger partial charge in [0.2, 0.25) is 0 Å². The molecule has 0 fully saturated rings. The number of benzene rings is 1. The van der Waals surface area contributed by atoms with Gasteiger partial charge in [-0.1, -0.05) is 31.5 Å². The lowest BCUT2D eigenvalue weighted by Gasteiger charge is -2.43. The average Bonchev–Trinajstić information content (AvgIpc) is 2.91. The van der Waals surface area contributed by atoms with E-state index in [9.17, 15) is 10.1 Å². The Balaban J connectivity index is 2.06. The molecule has 160 valence electrons. The zero-order valence-electron chi connectivity index (χ0n) is 18.5. The molecule has 2 heterocycles. The van der Waals surface area contributed by atoms with Gasteiger partial charge >= 0.3 is 0 Å². The molecule has 0 spiro atoms. The second-order valence-electron chi connectivity index (χ2n) is 9.17. The fraction of sp³-hybridized carbons (Fsp3) is 0.375. The van der Waals surface area contributed by atoms with Crippen molar-refractivity contribution >= 4 is 23.1 Å². The molecule has 1 aliphatic carbocycles. The number of carbonyl (C=O) groups excluding carboxylic acids is 1. The predicted molar refractivity (Wildman–Crippen MR) is 121 cm³/mol. The highest BCUT2D eigenvalue weighted by Crippen LogP contribution is 2.51. The number of nitrogens with zero attached hydrogens (tertiary/aromatic N) is 4. The van der Waals surface area contributed by atoms with Gasteiger partial charge in [-0.25, -0.2) is 0 Å². The van der Waals surface area contributed by atoms with Crippen LogP contribution in [0.5, 0.6) is 0 Å². The van der Waals surface area contributed by atoms with E-state index in [-0.39, 0.29) is 11.2 Å². The topological polar surface area (TPSA) is 87.9 Å². The van der Waals surface area contributed by atoms with Gasteiger partial charge in [0.1, 0.15) is 5.82 Å². The number of rotatable bonds is 2. The predicted octanol–water partition coefficient (Wildman–Crippen LogP) is 4.63. The van der Waals surface area contributed by atoms with Gasteiger partial charge in [-0.2, -0.15) is 10.4 Å². The lowest BCUT2D eigenvalue weighted by Crippen LogP contribution is -2.42. The number of Topliss-reactive ketones (excluding diaryl/α,β-unsaturated/α-hetero) is 1. The Hall–Kier alpha value is -3.04. The Bertz CT molecular complexity index is 1210. The standard InChI is InChI=1S/C24H26ClN5O/c1-13-20(14(2)29(5)28-13)21-17(12-26)23(27)30(16-8-6-7-15(25)9-16)18-10-24(3,4)11-19(31)22(18)21/h6-9,21H,10-11,27H2,1-5H3/t21-/m1/s1. The first kappa shape index (κ1) is 21.2. The molecule has 0 unspecified atom stereocenters. The van der Waals surface area contributed by atoms with Crippen molar-refractivity contribution < 1.29 is 4.79 Å². The Morgan fingerprint density at radius 3 is 2.58 bits per heavy atom. The Labute approximate surface area is 187 Å². The van der Waals surface area contributed by atoms with Crippen LogP contribution in [0.1, 0.15) is 49.6 Å². The smallest absolute Gasteiger partial charge is 0.162 e. The molecule has 6 nitrogen and oxygen atoms in total. The summed E-state index contributed by atoms with van der Waals surface area (Å²) in [6.07, 6.45) is 1.08. The van der Waals surface area contributed by atoms with Gasteiger partial charge in [0, 0.05) is 46.7 Å². The molecule has 2 N–H and O–H groups in total. The van der Waals surface area contributed by atoms with Crippen molar-refractivity contribution in [1.82, 2.24) is 9.78 Å². The van der Waals surface area contributed by atoms with Gasteiger partial charge in [0.05, 0.1) is 23.3 Å². The fourth-order valence-electron chi connectivity index (χ4n) is 4.92. The molecule has 31 heavy (non-hydrogen) atoms. The molecule has 1 aliphatic heterocycles. The number of aromatic nitrogens is 2. The van der Waals surface area contributed by atoms with Gasteiger partial charge in [-0.3, -0.25) is 14.4 Å². The van der Waals surface area contributed by atoms with E-state index in [0.29, 0.717) is 34.8 Å². The van der Waals surface area contributed by atoms with E-state index in [4.69, 9.17) is 17.3 Å². The maximum Gasteiger partial charge on any atom is 0.162 e. The second-order valence-corrected chi connectivity index (χ2v) is 9.60. The van der Waals surface area contributed by atoms with Crippen molar-refractivity contribution in [1.29, 1.82) is 5.26 Å². The van der Waals surface area contributed by atoms with E-state index in [1.807, 2.05) is 37.9 Å². The van der Waals surface area contributed by atoms with Crippen molar-refractivity contribution in [3.8, 4) is 6.07 Å². The summed E-state index contributed by atoms with van der Waals surface area (Å²) in [4.78, 5) is 15.4. The van der Waals surface area contributed by atoms with E-state index >= 15 is 0 Å². The van der Waals surface area contributed by atoms with Crippen molar-refractivity contribution in [2.24, 2.45) is 18.2 Å². The quantitative estimate of drug-likeness (QED) is 0.742. The van der Waals surface area contributed by atoms with Crippen LogP contribution in [0.3, 0.4) is 0 Å². The number of nitriles is 1. The van der Waals surface area contributed by atoms with Crippen LogP contribution >= 0.6 is 11.6 Å². The molecule has 4 rings (SSSR count). The van der Waals surface area contributed by atoms with Crippen LogP contribution in [-0.4, -0.2) is 15.6 Å². The van der Waals surface area contributed by atoms with Crippen LogP contribution < -0.4 is 10.6 Å². The largest absolute Gasteiger partial charge is 0.384 e. The molecule has 2 aromatic rings. The number of hydrogen-bond acceptors (Lipinski definition) is 5. The summed E-state index contributed by atoms with van der Waals surface area (Å²) in [6.45, 7) is 8.04. The van der Waals surface area contributed by atoms with Crippen LogP contribution in [0, 0.1) is 30.6 Å². The van der Waals surface area contributed by atoms with Crippen LogP contribution in [0.2, 0.25) is 5.02 Å². The Kier molecular flexibility index (Phi) is 4.98. The minimum atomic E-state index is -0.521. The van der Waals surface area contributed by atoms with Crippen molar-refractivity contribution in [3.05, 3.63) is 68.9 Å². The molecule has 0 amide bonds. The minimum absolute atomic E-state index is 0.0474. The zero-order chi connectivity index (χ0) is 22.7. The molecule has 7 heteroatoms. The molecular formula is C24H26ClN5O. The van der Waals surface area contributed by atoms with Gasteiger partial charge in [0.15, 0.2) is 5.78 Å². The lowest BCUT2D eigenvalue weighted by molar-refractivity contribution is -0.118. The molecule has 0 saturated heterocycles. The lowest BCUT2D eigenvalue weighted by atomic mass is 9.68. The third kappa shape index (κ3) is 3.34.